The van der Waals surface area contributed by atoms with Gasteiger partial charge in [-0.1, -0.05) is 18.2 Å². The molecule has 2 atom stereocenters. The van der Waals surface area contributed by atoms with Crippen LogP contribution in [0.5, 0.6) is 0 Å². The fourth-order valence-corrected chi connectivity index (χ4v) is 3.75. The Hall–Kier alpha value is -2.57. The molecule has 1 aliphatic carbocycles. The fraction of sp³-hybridized carbons (Fsp3) is 0.400. The van der Waals surface area contributed by atoms with E-state index in [-0.39, 0.29) is 11.5 Å². The van der Waals surface area contributed by atoms with E-state index in [4.69, 9.17) is 0 Å². The van der Waals surface area contributed by atoms with E-state index in [0.717, 1.165) is 24.8 Å². The van der Waals surface area contributed by atoms with Crippen molar-refractivity contribution in [1.29, 1.82) is 0 Å². The van der Waals surface area contributed by atoms with Gasteiger partial charge in [-0.05, 0) is 48.9 Å². The molecule has 4 nitrogen and oxygen atoms in total. The van der Waals surface area contributed by atoms with E-state index in [1.807, 2.05) is 6.07 Å². The molecule has 27 heavy (non-hydrogen) atoms. The number of amides is 1. The standard InChI is InChI=1S/C20H20F3N3O/c21-20(22,23)17-6-2-1-5-14(17)15-11-16(15)19(27)25-18-8-7-13(12-24-18)26-9-3-4-10-26/h1-2,5-8,12,15-16H,3-4,9-11H2,(H,24,25,27)/t15-,16-/m1/s1. The van der Waals surface area contributed by atoms with Gasteiger partial charge in [-0.3, -0.25) is 4.79 Å². The van der Waals surface area contributed by atoms with Crippen LogP contribution < -0.4 is 10.2 Å². The van der Waals surface area contributed by atoms with Crippen LogP contribution in [0.15, 0.2) is 42.6 Å². The largest absolute Gasteiger partial charge is 0.416 e. The average molecular weight is 375 g/mol. The van der Waals surface area contributed by atoms with Crippen LogP contribution in [-0.2, 0) is 11.0 Å². The van der Waals surface area contributed by atoms with E-state index >= 15 is 0 Å². The van der Waals surface area contributed by atoms with Crippen molar-refractivity contribution in [2.45, 2.75) is 31.4 Å². The molecule has 1 amide bonds. The maximum absolute atomic E-state index is 13.2. The lowest BCUT2D eigenvalue weighted by Crippen LogP contribution is -2.19. The SMILES string of the molecule is O=C(Nc1ccc(N2CCCC2)cn1)[C@@H]1C[C@@H]1c1ccccc1C(F)(F)F. The van der Waals surface area contributed by atoms with Crippen molar-refractivity contribution < 1.29 is 18.0 Å². The molecule has 0 bridgehead atoms. The Morgan fingerprint density at radius 1 is 1.11 bits per heavy atom. The summed E-state index contributed by atoms with van der Waals surface area (Å²) in [5.74, 6) is -0.698. The number of halogens is 3. The highest BCUT2D eigenvalue weighted by atomic mass is 19.4. The van der Waals surface area contributed by atoms with E-state index in [1.165, 1.54) is 25.0 Å². The van der Waals surface area contributed by atoms with Crippen LogP contribution in [-0.4, -0.2) is 24.0 Å². The number of carbonyl (C=O) groups excluding carboxylic acids is 1. The maximum Gasteiger partial charge on any atom is 0.416 e. The molecule has 0 unspecified atom stereocenters. The molecule has 1 aromatic heterocycles. The van der Waals surface area contributed by atoms with Crippen molar-refractivity contribution in [2.75, 3.05) is 23.3 Å². The van der Waals surface area contributed by atoms with Gasteiger partial charge in [0.05, 0.1) is 17.4 Å². The predicted molar refractivity (Wildman–Crippen MR) is 96.6 cm³/mol. The number of alkyl halides is 3. The summed E-state index contributed by atoms with van der Waals surface area (Å²) in [4.78, 5) is 18.9. The van der Waals surface area contributed by atoms with Gasteiger partial charge in [-0.25, -0.2) is 4.98 Å². The fourth-order valence-electron chi connectivity index (χ4n) is 3.75. The quantitative estimate of drug-likeness (QED) is 0.859. The van der Waals surface area contributed by atoms with Gasteiger partial charge in [0.15, 0.2) is 0 Å². The Kier molecular flexibility index (Phi) is 4.53. The lowest BCUT2D eigenvalue weighted by molar-refractivity contribution is -0.138. The second kappa shape index (κ2) is 6.87. The van der Waals surface area contributed by atoms with Gasteiger partial charge in [0.25, 0.3) is 0 Å². The first-order valence-corrected chi connectivity index (χ1v) is 9.11. The van der Waals surface area contributed by atoms with Crippen LogP contribution in [0.3, 0.4) is 0 Å². The molecular weight excluding hydrogens is 355 g/mol. The number of nitrogens with one attached hydrogen (secondary N) is 1. The van der Waals surface area contributed by atoms with Crippen molar-refractivity contribution >= 4 is 17.4 Å². The van der Waals surface area contributed by atoms with E-state index in [1.54, 1.807) is 18.3 Å². The van der Waals surface area contributed by atoms with Crippen LogP contribution in [0, 0.1) is 5.92 Å². The van der Waals surface area contributed by atoms with Gasteiger partial charge in [0.2, 0.25) is 5.91 Å². The Balaban J connectivity index is 1.41. The van der Waals surface area contributed by atoms with Gasteiger partial charge in [0.1, 0.15) is 5.82 Å². The second-order valence-electron chi connectivity index (χ2n) is 7.12. The second-order valence-corrected chi connectivity index (χ2v) is 7.12. The van der Waals surface area contributed by atoms with E-state index in [2.05, 4.69) is 15.2 Å². The molecule has 0 radical (unpaired) electrons. The first kappa shape index (κ1) is 17.8. The lowest BCUT2D eigenvalue weighted by Gasteiger charge is -2.17. The summed E-state index contributed by atoms with van der Waals surface area (Å²) < 4.78 is 39.5. The Bertz CT molecular complexity index is 829. The molecule has 2 fully saturated rings. The number of nitrogens with zero attached hydrogens (tertiary/aromatic N) is 2. The minimum Gasteiger partial charge on any atom is -0.370 e. The molecule has 1 aromatic carbocycles. The van der Waals surface area contributed by atoms with Crippen molar-refractivity contribution in [2.24, 2.45) is 5.92 Å². The van der Waals surface area contributed by atoms with E-state index in [0.29, 0.717) is 12.2 Å². The van der Waals surface area contributed by atoms with Gasteiger partial charge in [-0.2, -0.15) is 13.2 Å². The number of pyridine rings is 1. The third-order valence-corrected chi connectivity index (χ3v) is 5.26. The first-order chi connectivity index (χ1) is 12.9. The normalized spacial score (nSPS) is 22.0. The Morgan fingerprint density at radius 3 is 2.52 bits per heavy atom. The van der Waals surface area contributed by atoms with Crippen molar-refractivity contribution in [3.05, 3.63) is 53.7 Å². The maximum atomic E-state index is 13.2. The molecule has 0 spiro atoms. The van der Waals surface area contributed by atoms with Crippen LogP contribution in [0.2, 0.25) is 0 Å². The molecule has 2 aliphatic rings. The number of carbonyl (C=O) groups is 1. The zero-order valence-corrected chi connectivity index (χ0v) is 14.7. The molecule has 4 rings (SSSR count). The summed E-state index contributed by atoms with van der Waals surface area (Å²) >= 11 is 0. The van der Waals surface area contributed by atoms with Crippen LogP contribution in [0.25, 0.3) is 0 Å². The summed E-state index contributed by atoms with van der Waals surface area (Å²) in [6, 6.07) is 9.14. The minimum atomic E-state index is -4.41. The molecule has 1 saturated carbocycles. The highest BCUT2D eigenvalue weighted by Crippen LogP contribution is 2.51. The first-order valence-electron chi connectivity index (χ1n) is 9.11. The topological polar surface area (TPSA) is 45.2 Å². The van der Waals surface area contributed by atoms with E-state index < -0.39 is 23.6 Å². The van der Waals surface area contributed by atoms with Crippen molar-refractivity contribution in [3.8, 4) is 0 Å². The zero-order chi connectivity index (χ0) is 19.0. The number of aromatic nitrogens is 1. The van der Waals surface area contributed by atoms with Crippen molar-refractivity contribution in [3.63, 3.8) is 0 Å². The molecular formula is C20H20F3N3O. The smallest absolute Gasteiger partial charge is 0.370 e. The summed E-state index contributed by atoms with van der Waals surface area (Å²) in [5.41, 5.74) is 0.565. The average Bonchev–Trinajstić information content (AvgIpc) is 3.27. The molecule has 1 saturated heterocycles. The molecule has 2 aromatic rings. The van der Waals surface area contributed by atoms with Gasteiger partial charge >= 0.3 is 6.18 Å². The predicted octanol–water partition coefficient (Wildman–Crippen LogP) is 4.44. The number of rotatable bonds is 4. The number of anilines is 2. The van der Waals surface area contributed by atoms with Crippen LogP contribution in [0.1, 0.15) is 36.3 Å². The summed E-state index contributed by atoms with van der Waals surface area (Å²) in [6.07, 6.45) is 0.0735. The lowest BCUT2D eigenvalue weighted by atomic mass is 10.0. The molecule has 2 heterocycles. The monoisotopic (exact) mass is 375 g/mol. The molecule has 1 aliphatic heterocycles. The molecule has 142 valence electrons. The highest BCUT2D eigenvalue weighted by Gasteiger charge is 2.47. The number of hydrogen-bond acceptors (Lipinski definition) is 3. The summed E-state index contributed by atoms with van der Waals surface area (Å²) in [7, 11) is 0. The zero-order valence-electron chi connectivity index (χ0n) is 14.7. The van der Waals surface area contributed by atoms with Crippen LogP contribution >= 0.6 is 0 Å². The van der Waals surface area contributed by atoms with E-state index in [9.17, 15) is 18.0 Å². The third kappa shape index (κ3) is 3.77. The summed E-state index contributed by atoms with van der Waals surface area (Å²) in [6.45, 7) is 2.02. The number of hydrogen-bond donors (Lipinski definition) is 1. The van der Waals surface area contributed by atoms with Gasteiger partial charge < -0.3 is 10.2 Å². The highest BCUT2D eigenvalue weighted by molar-refractivity contribution is 5.94. The Labute approximate surface area is 155 Å². The third-order valence-electron chi connectivity index (χ3n) is 5.26. The minimum absolute atomic E-state index is 0.197. The Morgan fingerprint density at radius 2 is 1.85 bits per heavy atom. The van der Waals surface area contributed by atoms with Gasteiger partial charge in [0, 0.05) is 19.0 Å². The van der Waals surface area contributed by atoms with Gasteiger partial charge in [-0.15, -0.1) is 0 Å². The number of benzene rings is 1. The molecule has 7 heteroatoms. The van der Waals surface area contributed by atoms with Crippen molar-refractivity contribution in [1.82, 2.24) is 4.98 Å². The molecule has 1 N–H and O–H groups in total. The van der Waals surface area contributed by atoms with Crippen LogP contribution in [0.4, 0.5) is 24.7 Å². The summed E-state index contributed by atoms with van der Waals surface area (Å²) in [5, 5.41) is 2.73.